The van der Waals surface area contributed by atoms with E-state index in [1.54, 1.807) is 0 Å². The van der Waals surface area contributed by atoms with Gasteiger partial charge in [-0.05, 0) is 35.7 Å². The Labute approximate surface area is 177 Å². The molecule has 0 aliphatic carbocycles. The van der Waals surface area contributed by atoms with Crippen molar-refractivity contribution in [3.05, 3.63) is 108 Å². The average Bonchev–Trinajstić information content (AvgIpc) is 2.70. The summed E-state index contributed by atoms with van der Waals surface area (Å²) >= 11 is 0. The van der Waals surface area contributed by atoms with Gasteiger partial charge in [0, 0.05) is 5.41 Å². The zero-order valence-corrected chi connectivity index (χ0v) is 18.7. The molecule has 0 spiro atoms. The maximum atomic E-state index is 2.85. The van der Waals surface area contributed by atoms with Gasteiger partial charge in [0.15, 0.2) is 0 Å². The van der Waals surface area contributed by atoms with Crippen LogP contribution >= 0.6 is 33.2 Å². The molecule has 0 N–H and O–H groups in total. The lowest BCUT2D eigenvalue weighted by molar-refractivity contribution is 0.516. The predicted octanol–water partition coefficient (Wildman–Crippen LogP) is 7.07. The first-order valence-electron chi connectivity index (χ1n) is 9.24. The van der Waals surface area contributed by atoms with E-state index in [1.165, 1.54) is 42.1 Å². The third kappa shape index (κ3) is 4.75. The summed E-state index contributed by atoms with van der Waals surface area (Å²) in [6.45, 7) is 0. The van der Waals surface area contributed by atoms with Crippen LogP contribution in [0.15, 0.2) is 91.0 Å². The highest BCUT2D eigenvalue weighted by Crippen LogP contribution is 2.43. The summed E-state index contributed by atoms with van der Waals surface area (Å²) in [5.74, 6) is 0. The van der Waals surface area contributed by atoms with Crippen molar-refractivity contribution in [1.82, 2.24) is 0 Å². The molecule has 136 valence electrons. The van der Waals surface area contributed by atoms with Crippen molar-refractivity contribution >= 4 is 33.2 Å². The summed E-state index contributed by atoms with van der Waals surface area (Å²) < 4.78 is 0. The van der Waals surface area contributed by atoms with Crippen LogP contribution in [0.5, 0.6) is 0 Å². The molecule has 0 saturated carbocycles. The summed E-state index contributed by atoms with van der Waals surface area (Å²) in [6, 6.07) is 33.0. The molecule has 1 unspecified atom stereocenters. The third-order valence-corrected chi connectivity index (χ3v) is 5.46. The largest absolute Gasteiger partial charge is 0.138 e. The molecule has 1 atom stereocenters. The first-order valence-corrected chi connectivity index (χ1v) is 10.1. The minimum Gasteiger partial charge on any atom is -0.138 e. The Kier molecular flexibility index (Phi) is 8.81. The second kappa shape index (κ2) is 10.8. The first kappa shape index (κ1) is 21.1. The van der Waals surface area contributed by atoms with Crippen LogP contribution < -0.4 is 0 Å². The van der Waals surface area contributed by atoms with Crippen LogP contribution in [0.2, 0.25) is 0 Å². The van der Waals surface area contributed by atoms with Gasteiger partial charge in [-0.1, -0.05) is 104 Å². The second-order valence-corrected chi connectivity index (χ2v) is 7.18. The topological polar surface area (TPSA) is 0 Å². The van der Waals surface area contributed by atoms with Gasteiger partial charge in [0.25, 0.3) is 0 Å². The summed E-state index contributed by atoms with van der Waals surface area (Å²) in [4.78, 5) is 0. The molecule has 0 radical (unpaired) electrons. The Balaban J connectivity index is 0.00000243. The van der Waals surface area contributed by atoms with Gasteiger partial charge >= 0.3 is 0 Å². The molecule has 2 heteroatoms. The van der Waals surface area contributed by atoms with Crippen LogP contribution in [0.1, 0.15) is 42.4 Å². The van der Waals surface area contributed by atoms with Crippen LogP contribution in [-0.4, -0.2) is 6.16 Å². The summed E-state index contributed by atoms with van der Waals surface area (Å²) in [6.07, 6.45) is 6.11. The Hall–Kier alpha value is -1.18. The van der Waals surface area contributed by atoms with Crippen molar-refractivity contribution < 1.29 is 0 Å². The Bertz CT molecular complexity index is 644. The highest BCUT2D eigenvalue weighted by atomic mass is 127. The van der Waals surface area contributed by atoms with Gasteiger partial charge in [0.05, 0.1) is 0 Å². The highest BCUT2D eigenvalue weighted by Gasteiger charge is 2.35. The fourth-order valence-electron chi connectivity index (χ4n) is 3.81. The number of halogens is 1. The summed E-state index contributed by atoms with van der Waals surface area (Å²) in [5.41, 5.74) is 4.08. The van der Waals surface area contributed by atoms with E-state index in [0.717, 1.165) is 6.42 Å². The smallest absolute Gasteiger partial charge is 0.0451 e. The van der Waals surface area contributed by atoms with E-state index in [0.29, 0.717) is 0 Å². The zero-order valence-electron chi connectivity index (χ0n) is 15.2. The molecule has 0 aromatic heterocycles. The van der Waals surface area contributed by atoms with Gasteiger partial charge in [0.2, 0.25) is 0 Å². The van der Waals surface area contributed by atoms with Gasteiger partial charge in [0.1, 0.15) is 0 Å². The molecular formula is C24H28IP. The van der Waals surface area contributed by atoms with Crippen molar-refractivity contribution in [1.29, 1.82) is 0 Å². The molecule has 0 aliphatic rings. The van der Waals surface area contributed by atoms with Gasteiger partial charge in [-0.15, -0.1) is 33.2 Å². The quantitative estimate of drug-likeness (QED) is 0.142. The maximum Gasteiger partial charge on any atom is 0.0451 e. The number of hydrogen-bond donors (Lipinski definition) is 0. The minimum absolute atomic E-state index is 0. The van der Waals surface area contributed by atoms with Gasteiger partial charge in [-0.2, -0.15) is 0 Å². The SMILES string of the molecule is I.PCCCCCC(c1ccccc1)(c1ccccc1)c1ccccc1. The van der Waals surface area contributed by atoms with E-state index in [4.69, 9.17) is 0 Å². The highest BCUT2D eigenvalue weighted by molar-refractivity contribution is 14.0. The van der Waals surface area contributed by atoms with Crippen molar-refractivity contribution in [2.45, 2.75) is 31.1 Å². The number of unbranched alkanes of at least 4 members (excludes halogenated alkanes) is 2. The molecule has 0 nitrogen and oxygen atoms in total. The van der Waals surface area contributed by atoms with Gasteiger partial charge in [-0.3, -0.25) is 0 Å². The molecule has 3 aromatic rings. The Morgan fingerprint density at radius 1 is 0.538 bits per heavy atom. The normalized spacial score (nSPS) is 11.0. The zero-order chi connectivity index (χ0) is 17.4. The molecule has 0 bridgehead atoms. The van der Waals surface area contributed by atoms with E-state index in [2.05, 4.69) is 100 Å². The van der Waals surface area contributed by atoms with Crippen molar-refractivity contribution in [3.63, 3.8) is 0 Å². The average molecular weight is 474 g/mol. The molecule has 0 amide bonds. The Morgan fingerprint density at radius 3 is 1.27 bits per heavy atom. The van der Waals surface area contributed by atoms with Crippen molar-refractivity contribution in [2.24, 2.45) is 0 Å². The summed E-state index contributed by atoms with van der Waals surface area (Å²) in [5, 5.41) is 0. The van der Waals surface area contributed by atoms with E-state index in [-0.39, 0.29) is 29.4 Å². The van der Waals surface area contributed by atoms with Gasteiger partial charge < -0.3 is 0 Å². The van der Waals surface area contributed by atoms with E-state index in [1.807, 2.05) is 0 Å². The van der Waals surface area contributed by atoms with Gasteiger partial charge in [-0.25, -0.2) is 0 Å². The van der Waals surface area contributed by atoms with Crippen molar-refractivity contribution in [2.75, 3.05) is 6.16 Å². The standard InChI is InChI=1S/C24H27P.HI/c25-20-12-4-11-19-24(21-13-5-1-6-14-21,22-15-7-2-8-16-22)23-17-9-3-10-18-23;/h1-3,5-10,13-18H,4,11-12,19-20,25H2;1H. The van der Waals surface area contributed by atoms with E-state index < -0.39 is 0 Å². The number of hydrogen-bond acceptors (Lipinski definition) is 0. The predicted molar refractivity (Wildman–Crippen MR) is 128 cm³/mol. The molecule has 0 fully saturated rings. The first-order chi connectivity index (χ1) is 12.4. The van der Waals surface area contributed by atoms with E-state index >= 15 is 0 Å². The van der Waals surface area contributed by atoms with E-state index in [9.17, 15) is 0 Å². The molecule has 3 aromatic carbocycles. The lowest BCUT2D eigenvalue weighted by Crippen LogP contribution is -2.29. The lowest BCUT2D eigenvalue weighted by Gasteiger charge is -2.36. The van der Waals surface area contributed by atoms with Crippen LogP contribution in [0, 0.1) is 0 Å². The minimum atomic E-state index is -0.0787. The molecule has 0 aliphatic heterocycles. The Morgan fingerprint density at radius 2 is 0.923 bits per heavy atom. The third-order valence-electron chi connectivity index (χ3n) is 5.06. The monoisotopic (exact) mass is 474 g/mol. The molecule has 3 rings (SSSR count). The molecule has 0 saturated heterocycles. The van der Waals surface area contributed by atoms with Crippen LogP contribution in [-0.2, 0) is 5.41 Å². The van der Waals surface area contributed by atoms with Crippen LogP contribution in [0.25, 0.3) is 0 Å². The maximum absolute atomic E-state index is 2.85. The molecular weight excluding hydrogens is 446 g/mol. The van der Waals surface area contributed by atoms with Crippen molar-refractivity contribution in [3.8, 4) is 0 Å². The fourth-order valence-corrected chi connectivity index (χ4v) is 4.10. The second-order valence-electron chi connectivity index (χ2n) is 6.60. The molecule has 0 heterocycles. The lowest BCUT2D eigenvalue weighted by atomic mass is 9.66. The molecule has 26 heavy (non-hydrogen) atoms. The summed E-state index contributed by atoms with van der Waals surface area (Å²) in [7, 11) is 2.85. The van der Waals surface area contributed by atoms with Crippen LogP contribution in [0.3, 0.4) is 0 Å². The fraction of sp³-hybridized carbons (Fsp3) is 0.250. The number of rotatable bonds is 8. The number of benzene rings is 3. The van der Waals surface area contributed by atoms with Crippen LogP contribution in [0.4, 0.5) is 0 Å².